The molecule has 0 fully saturated rings. The summed E-state index contributed by atoms with van der Waals surface area (Å²) in [4.78, 5) is 38.5. The molecular formula is C27H28N2O4S. The van der Waals surface area contributed by atoms with Crippen molar-refractivity contribution < 1.29 is 19.1 Å². The lowest BCUT2D eigenvalue weighted by molar-refractivity contribution is -0.151. The van der Waals surface area contributed by atoms with Crippen LogP contribution in [-0.2, 0) is 20.9 Å². The molecule has 34 heavy (non-hydrogen) atoms. The van der Waals surface area contributed by atoms with E-state index < -0.39 is 11.9 Å². The minimum atomic E-state index is -0.514. The molecule has 0 aliphatic heterocycles. The van der Waals surface area contributed by atoms with E-state index in [1.54, 1.807) is 43.2 Å². The Morgan fingerprint density at radius 1 is 0.853 bits per heavy atom. The zero-order valence-electron chi connectivity index (χ0n) is 19.3. The first-order valence-corrected chi connectivity index (χ1v) is 12.0. The maximum absolute atomic E-state index is 13.4. The monoisotopic (exact) mass is 476 g/mol. The second-order valence-electron chi connectivity index (χ2n) is 7.77. The van der Waals surface area contributed by atoms with Crippen LogP contribution in [0.15, 0.2) is 91.0 Å². The Balaban J connectivity index is 1.66. The molecule has 7 heteroatoms. The van der Waals surface area contributed by atoms with E-state index in [-0.39, 0.29) is 24.2 Å². The fourth-order valence-electron chi connectivity index (χ4n) is 3.20. The summed E-state index contributed by atoms with van der Waals surface area (Å²) in [5, 5.41) is 2.93. The standard InChI is InChI=1S/C27H28N2O4S/c1-21(20-34-27(32)23-14-8-4-9-15-23)26(31)29(28(2)24-16-10-5-11-17-24)18-25(30)33-19-22-12-6-3-7-13-22/h3-17,21H,18-20H2,1-2H3. The molecule has 0 heterocycles. The van der Waals surface area contributed by atoms with Crippen LogP contribution in [0.2, 0.25) is 0 Å². The van der Waals surface area contributed by atoms with Crippen molar-refractivity contribution >= 4 is 34.4 Å². The van der Waals surface area contributed by atoms with Gasteiger partial charge in [0.15, 0.2) is 0 Å². The molecule has 0 aliphatic carbocycles. The summed E-state index contributed by atoms with van der Waals surface area (Å²) >= 11 is 1.10. The number of hydrazine groups is 1. The second-order valence-corrected chi connectivity index (χ2v) is 8.76. The van der Waals surface area contributed by atoms with Crippen molar-refractivity contribution in [1.29, 1.82) is 0 Å². The predicted molar refractivity (Wildman–Crippen MR) is 135 cm³/mol. The van der Waals surface area contributed by atoms with Crippen LogP contribution in [0.25, 0.3) is 0 Å². The van der Waals surface area contributed by atoms with Crippen LogP contribution in [0.4, 0.5) is 5.69 Å². The number of ether oxygens (including phenoxy) is 1. The number of anilines is 1. The van der Waals surface area contributed by atoms with Gasteiger partial charge in [0, 0.05) is 24.3 Å². The highest BCUT2D eigenvalue weighted by Crippen LogP contribution is 2.20. The number of amides is 1. The third kappa shape index (κ3) is 7.22. The van der Waals surface area contributed by atoms with Crippen molar-refractivity contribution in [2.24, 2.45) is 5.92 Å². The quantitative estimate of drug-likeness (QED) is 0.309. The molecule has 1 unspecified atom stereocenters. The van der Waals surface area contributed by atoms with Gasteiger partial charge in [0.1, 0.15) is 13.2 Å². The van der Waals surface area contributed by atoms with E-state index >= 15 is 0 Å². The lowest BCUT2D eigenvalue weighted by atomic mass is 10.2. The molecule has 1 amide bonds. The lowest BCUT2D eigenvalue weighted by Gasteiger charge is -2.34. The summed E-state index contributed by atoms with van der Waals surface area (Å²) in [6.45, 7) is 1.65. The number of thioether (sulfide) groups is 1. The SMILES string of the molecule is CC(CSC(=O)c1ccccc1)C(=O)N(CC(=O)OCc1ccccc1)N(C)c1ccccc1. The summed E-state index contributed by atoms with van der Waals surface area (Å²) < 4.78 is 5.41. The van der Waals surface area contributed by atoms with E-state index in [2.05, 4.69) is 0 Å². The minimum Gasteiger partial charge on any atom is -0.459 e. The van der Waals surface area contributed by atoms with Gasteiger partial charge in [0.2, 0.25) is 11.0 Å². The molecule has 0 spiro atoms. The molecule has 0 aliphatic rings. The molecule has 1 atom stereocenters. The number of nitrogens with zero attached hydrogens (tertiary/aromatic N) is 2. The number of hydrogen-bond acceptors (Lipinski definition) is 6. The first-order valence-electron chi connectivity index (χ1n) is 11.0. The molecule has 176 valence electrons. The predicted octanol–water partition coefficient (Wildman–Crippen LogP) is 4.82. The molecule has 0 aromatic heterocycles. The molecule has 0 N–H and O–H groups in total. The largest absolute Gasteiger partial charge is 0.459 e. The Bertz CT molecular complexity index is 1080. The summed E-state index contributed by atoms with van der Waals surface area (Å²) in [6, 6.07) is 27.7. The van der Waals surface area contributed by atoms with Crippen molar-refractivity contribution in [1.82, 2.24) is 5.01 Å². The van der Waals surface area contributed by atoms with Crippen LogP contribution in [-0.4, -0.2) is 41.3 Å². The van der Waals surface area contributed by atoms with Crippen LogP contribution in [0, 0.1) is 5.92 Å². The third-order valence-electron chi connectivity index (χ3n) is 5.16. The van der Waals surface area contributed by atoms with Gasteiger partial charge in [-0.25, -0.2) is 5.01 Å². The van der Waals surface area contributed by atoms with E-state index in [1.807, 2.05) is 66.7 Å². The fraction of sp³-hybridized carbons (Fsp3) is 0.222. The Kier molecular flexibility index (Phi) is 9.29. The van der Waals surface area contributed by atoms with Gasteiger partial charge >= 0.3 is 5.97 Å². The fourth-order valence-corrected chi connectivity index (χ4v) is 4.05. The normalized spacial score (nSPS) is 11.4. The number of carbonyl (C=O) groups is 3. The van der Waals surface area contributed by atoms with Gasteiger partial charge < -0.3 is 4.74 Å². The van der Waals surface area contributed by atoms with Gasteiger partial charge in [-0.1, -0.05) is 97.5 Å². The molecule has 0 saturated heterocycles. The Morgan fingerprint density at radius 2 is 1.41 bits per heavy atom. The van der Waals surface area contributed by atoms with Crippen molar-refractivity contribution in [3.05, 3.63) is 102 Å². The molecule has 0 radical (unpaired) electrons. The zero-order chi connectivity index (χ0) is 24.3. The molecule has 3 aromatic carbocycles. The van der Waals surface area contributed by atoms with Gasteiger partial charge in [-0.05, 0) is 17.7 Å². The zero-order valence-corrected chi connectivity index (χ0v) is 20.1. The Labute approximate surface area is 204 Å². The summed E-state index contributed by atoms with van der Waals surface area (Å²) in [6.07, 6.45) is 0. The topological polar surface area (TPSA) is 66.9 Å². The molecule has 0 bridgehead atoms. The van der Waals surface area contributed by atoms with Crippen LogP contribution in [0.3, 0.4) is 0 Å². The smallest absolute Gasteiger partial charge is 0.328 e. The maximum atomic E-state index is 13.4. The molecule has 0 saturated carbocycles. The van der Waals surface area contributed by atoms with Gasteiger partial charge in [-0.15, -0.1) is 0 Å². The van der Waals surface area contributed by atoms with E-state index in [0.717, 1.165) is 23.0 Å². The van der Waals surface area contributed by atoms with E-state index in [1.165, 1.54) is 5.01 Å². The number of benzene rings is 3. The molecular weight excluding hydrogens is 448 g/mol. The van der Waals surface area contributed by atoms with Crippen molar-refractivity contribution in [3.8, 4) is 0 Å². The summed E-state index contributed by atoms with van der Waals surface area (Å²) in [5.41, 5.74) is 2.22. The second kappa shape index (κ2) is 12.6. The highest BCUT2D eigenvalue weighted by Gasteiger charge is 2.28. The van der Waals surface area contributed by atoms with Crippen molar-refractivity contribution in [3.63, 3.8) is 0 Å². The van der Waals surface area contributed by atoms with Crippen LogP contribution in [0.5, 0.6) is 0 Å². The number of para-hydroxylation sites is 1. The van der Waals surface area contributed by atoms with Crippen molar-refractivity contribution in [2.45, 2.75) is 13.5 Å². The van der Waals surface area contributed by atoms with Crippen LogP contribution < -0.4 is 5.01 Å². The third-order valence-corrected chi connectivity index (χ3v) is 6.33. The summed E-state index contributed by atoms with van der Waals surface area (Å²) in [5.74, 6) is -0.979. The highest BCUT2D eigenvalue weighted by molar-refractivity contribution is 8.14. The first-order chi connectivity index (χ1) is 16.5. The number of rotatable bonds is 10. The molecule has 6 nitrogen and oxygen atoms in total. The molecule has 3 rings (SSSR count). The number of hydrogen-bond donors (Lipinski definition) is 0. The van der Waals surface area contributed by atoms with Crippen LogP contribution >= 0.6 is 11.8 Å². The van der Waals surface area contributed by atoms with E-state index in [4.69, 9.17) is 4.74 Å². The highest BCUT2D eigenvalue weighted by atomic mass is 32.2. The average Bonchev–Trinajstić information content (AvgIpc) is 2.89. The number of carbonyl (C=O) groups excluding carboxylic acids is 3. The van der Waals surface area contributed by atoms with Gasteiger partial charge in [-0.3, -0.25) is 19.4 Å². The van der Waals surface area contributed by atoms with Gasteiger partial charge in [0.25, 0.3) is 0 Å². The van der Waals surface area contributed by atoms with Gasteiger partial charge in [-0.2, -0.15) is 0 Å². The first kappa shape index (κ1) is 25.1. The number of esters is 1. The Hall–Kier alpha value is -3.58. The van der Waals surface area contributed by atoms with E-state index in [9.17, 15) is 14.4 Å². The van der Waals surface area contributed by atoms with Crippen molar-refractivity contribution in [2.75, 3.05) is 24.4 Å². The maximum Gasteiger partial charge on any atom is 0.328 e. The molecule has 3 aromatic rings. The summed E-state index contributed by atoms with van der Waals surface area (Å²) in [7, 11) is 1.73. The lowest BCUT2D eigenvalue weighted by Crippen LogP contribution is -2.50. The average molecular weight is 477 g/mol. The van der Waals surface area contributed by atoms with Gasteiger partial charge in [0.05, 0.1) is 5.69 Å². The van der Waals surface area contributed by atoms with Crippen LogP contribution in [0.1, 0.15) is 22.8 Å². The Morgan fingerprint density at radius 3 is 2.03 bits per heavy atom. The van der Waals surface area contributed by atoms with E-state index in [0.29, 0.717) is 11.3 Å². The minimum absolute atomic E-state index is 0.0921.